The molecular formula is C12H15ClO4S. The molecule has 1 aromatic rings. The molecule has 1 saturated carbocycles. The summed E-state index contributed by atoms with van der Waals surface area (Å²) >= 11 is 5.70. The van der Waals surface area contributed by atoms with E-state index < -0.39 is 22.3 Å². The first-order chi connectivity index (χ1) is 8.49. The summed E-state index contributed by atoms with van der Waals surface area (Å²) in [4.78, 5) is 0.0599. The zero-order valence-corrected chi connectivity index (χ0v) is 11.3. The Hall–Kier alpha value is -0.620. The lowest BCUT2D eigenvalue weighted by Gasteiger charge is -2.26. The Morgan fingerprint density at radius 2 is 1.78 bits per heavy atom. The zero-order chi connectivity index (χ0) is 13.2. The fraction of sp³-hybridized carbons (Fsp3) is 0.500. The standard InChI is InChI=1S/C12H15ClO4S/c13-9-5-7-10(8-6-9)18(15,16)17-12-4-2-1-3-11(12)14/h5-8,11-12,14H,1-4H2/t11-,12+/m1/s1. The van der Waals surface area contributed by atoms with Crippen molar-refractivity contribution in [2.75, 3.05) is 0 Å². The number of rotatable bonds is 3. The fourth-order valence-electron chi connectivity index (χ4n) is 2.01. The first-order valence-electron chi connectivity index (χ1n) is 5.86. The van der Waals surface area contributed by atoms with Crippen molar-refractivity contribution in [3.63, 3.8) is 0 Å². The molecule has 2 rings (SSSR count). The van der Waals surface area contributed by atoms with Crippen LogP contribution in [0, 0.1) is 0 Å². The van der Waals surface area contributed by atoms with Crippen LogP contribution < -0.4 is 0 Å². The Bertz CT molecular complexity index is 497. The molecule has 0 spiro atoms. The summed E-state index contributed by atoms with van der Waals surface area (Å²) in [6.07, 6.45) is 1.58. The van der Waals surface area contributed by atoms with Crippen molar-refractivity contribution < 1.29 is 17.7 Å². The highest BCUT2D eigenvalue weighted by molar-refractivity contribution is 7.86. The molecule has 1 aliphatic rings. The Kier molecular flexibility index (Phi) is 4.27. The summed E-state index contributed by atoms with van der Waals surface area (Å²) in [7, 11) is -3.83. The van der Waals surface area contributed by atoms with Gasteiger partial charge in [-0.1, -0.05) is 24.4 Å². The van der Waals surface area contributed by atoms with Crippen molar-refractivity contribution >= 4 is 21.7 Å². The van der Waals surface area contributed by atoms with Crippen LogP contribution in [0.4, 0.5) is 0 Å². The van der Waals surface area contributed by atoms with Gasteiger partial charge in [0.25, 0.3) is 10.1 Å². The smallest absolute Gasteiger partial charge is 0.297 e. The molecule has 0 heterocycles. The molecule has 1 fully saturated rings. The van der Waals surface area contributed by atoms with Gasteiger partial charge in [0.1, 0.15) is 6.10 Å². The van der Waals surface area contributed by atoms with Crippen molar-refractivity contribution in [2.24, 2.45) is 0 Å². The largest absolute Gasteiger partial charge is 0.390 e. The quantitative estimate of drug-likeness (QED) is 0.868. The van der Waals surface area contributed by atoms with E-state index in [4.69, 9.17) is 15.8 Å². The third-order valence-corrected chi connectivity index (χ3v) is 4.62. The number of halogens is 1. The molecule has 18 heavy (non-hydrogen) atoms. The van der Waals surface area contributed by atoms with E-state index in [1.54, 1.807) is 0 Å². The molecule has 0 aliphatic heterocycles. The molecule has 0 amide bonds. The minimum Gasteiger partial charge on any atom is -0.390 e. The van der Waals surface area contributed by atoms with Gasteiger partial charge >= 0.3 is 0 Å². The summed E-state index contributed by atoms with van der Waals surface area (Å²) < 4.78 is 29.1. The minimum atomic E-state index is -3.83. The number of hydrogen-bond donors (Lipinski definition) is 1. The van der Waals surface area contributed by atoms with Gasteiger partial charge < -0.3 is 5.11 Å². The average Bonchev–Trinajstić information content (AvgIpc) is 2.32. The van der Waals surface area contributed by atoms with Gasteiger partial charge in [-0.2, -0.15) is 8.42 Å². The Morgan fingerprint density at radius 3 is 2.39 bits per heavy atom. The van der Waals surface area contributed by atoms with E-state index in [0.29, 0.717) is 17.9 Å². The van der Waals surface area contributed by atoms with Gasteiger partial charge in [-0.25, -0.2) is 0 Å². The molecule has 2 atom stereocenters. The van der Waals surface area contributed by atoms with Gasteiger partial charge in [0.15, 0.2) is 0 Å². The summed E-state index contributed by atoms with van der Waals surface area (Å²) in [5.41, 5.74) is 0. The topological polar surface area (TPSA) is 63.6 Å². The number of benzene rings is 1. The average molecular weight is 291 g/mol. The summed E-state index contributed by atoms with van der Waals surface area (Å²) in [6.45, 7) is 0. The predicted molar refractivity (Wildman–Crippen MR) is 68.0 cm³/mol. The molecule has 0 bridgehead atoms. The second-order valence-corrected chi connectivity index (χ2v) is 6.40. The van der Waals surface area contributed by atoms with Crippen LogP contribution in [0.15, 0.2) is 29.2 Å². The van der Waals surface area contributed by atoms with E-state index in [2.05, 4.69) is 0 Å². The van der Waals surface area contributed by atoms with Crippen molar-refractivity contribution in [1.82, 2.24) is 0 Å². The van der Waals surface area contributed by atoms with Gasteiger partial charge in [-0.05, 0) is 37.1 Å². The van der Waals surface area contributed by atoms with Gasteiger partial charge in [0.2, 0.25) is 0 Å². The second-order valence-electron chi connectivity index (χ2n) is 4.39. The third-order valence-electron chi connectivity index (χ3n) is 3.02. The Labute approximate surface area is 112 Å². The number of aliphatic hydroxyl groups excluding tert-OH is 1. The molecule has 0 radical (unpaired) electrons. The maximum atomic E-state index is 12.0. The van der Waals surface area contributed by atoms with E-state index in [1.165, 1.54) is 24.3 Å². The highest BCUT2D eigenvalue weighted by atomic mass is 35.5. The Morgan fingerprint density at radius 1 is 1.17 bits per heavy atom. The summed E-state index contributed by atoms with van der Waals surface area (Å²) in [5.74, 6) is 0. The molecule has 1 aromatic carbocycles. The van der Waals surface area contributed by atoms with Crippen molar-refractivity contribution in [2.45, 2.75) is 42.8 Å². The van der Waals surface area contributed by atoms with Gasteiger partial charge in [0.05, 0.1) is 11.0 Å². The van der Waals surface area contributed by atoms with Crippen LogP contribution in [0.1, 0.15) is 25.7 Å². The zero-order valence-electron chi connectivity index (χ0n) is 9.75. The molecular weight excluding hydrogens is 276 g/mol. The van der Waals surface area contributed by atoms with Crippen LogP contribution >= 0.6 is 11.6 Å². The van der Waals surface area contributed by atoms with E-state index in [-0.39, 0.29) is 4.90 Å². The van der Waals surface area contributed by atoms with E-state index >= 15 is 0 Å². The molecule has 4 nitrogen and oxygen atoms in total. The maximum absolute atomic E-state index is 12.0. The molecule has 1 N–H and O–H groups in total. The summed E-state index contributed by atoms with van der Waals surface area (Å²) in [5, 5.41) is 10.2. The fourth-order valence-corrected chi connectivity index (χ4v) is 3.27. The predicted octanol–water partition coefficient (Wildman–Crippen LogP) is 2.35. The minimum absolute atomic E-state index is 0.0599. The van der Waals surface area contributed by atoms with Crippen molar-refractivity contribution in [3.8, 4) is 0 Å². The van der Waals surface area contributed by atoms with E-state index in [1.807, 2.05) is 0 Å². The summed E-state index contributed by atoms with van der Waals surface area (Å²) in [6, 6.07) is 5.78. The van der Waals surface area contributed by atoms with Crippen LogP contribution in [0.3, 0.4) is 0 Å². The van der Waals surface area contributed by atoms with Crippen LogP contribution in [-0.4, -0.2) is 25.7 Å². The Balaban J connectivity index is 2.13. The molecule has 100 valence electrons. The first kappa shape index (κ1) is 13.8. The third kappa shape index (κ3) is 3.23. The van der Waals surface area contributed by atoms with E-state index in [9.17, 15) is 13.5 Å². The SMILES string of the molecule is O=S(=O)(O[C@H]1CCCC[C@H]1O)c1ccc(Cl)cc1. The van der Waals surface area contributed by atoms with Crippen LogP contribution in [0.5, 0.6) is 0 Å². The highest BCUT2D eigenvalue weighted by Gasteiger charge is 2.29. The number of aliphatic hydroxyl groups is 1. The normalized spacial score (nSPS) is 25.0. The molecule has 1 aliphatic carbocycles. The monoisotopic (exact) mass is 290 g/mol. The van der Waals surface area contributed by atoms with Crippen molar-refractivity contribution in [3.05, 3.63) is 29.3 Å². The lowest BCUT2D eigenvalue weighted by molar-refractivity contribution is 0.0105. The van der Waals surface area contributed by atoms with Crippen LogP contribution in [0.25, 0.3) is 0 Å². The number of hydrogen-bond acceptors (Lipinski definition) is 4. The maximum Gasteiger partial charge on any atom is 0.297 e. The van der Waals surface area contributed by atoms with Crippen LogP contribution in [0.2, 0.25) is 5.02 Å². The molecule has 0 aromatic heterocycles. The van der Waals surface area contributed by atoms with Gasteiger partial charge in [0, 0.05) is 5.02 Å². The first-order valence-corrected chi connectivity index (χ1v) is 7.64. The molecule has 6 heteroatoms. The molecule has 0 unspecified atom stereocenters. The van der Waals surface area contributed by atoms with Crippen molar-refractivity contribution in [1.29, 1.82) is 0 Å². The van der Waals surface area contributed by atoms with Gasteiger partial charge in [-0.3, -0.25) is 4.18 Å². The highest BCUT2D eigenvalue weighted by Crippen LogP contribution is 2.25. The lowest BCUT2D eigenvalue weighted by Crippen LogP contribution is -2.34. The second kappa shape index (κ2) is 5.57. The van der Waals surface area contributed by atoms with E-state index in [0.717, 1.165) is 12.8 Å². The molecule has 0 saturated heterocycles. The lowest BCUT2D eigenvalue weighted by atomic mass is 9.95. The van der Waals surface area contributed by atoms with Crippen LogP contribution in [-0.2, 0) is 14.3 Å². The van der Waals surface area contributed by atoms with Gasteiger partial charge in [-0.15, -0.1) is 0 Å².